The van der Waals surface area contributed by atoms with E-state index in [1.807, 2.05) is 0 Å². The van der Waals surface area contributed by atoms with E-state index in [0.29, 0.717) is 0 Å². The lowest BCUT2D eigenvalue weighted by Gasteiger charge is -2.14. The lowest BCUT2D eigenvalue weighted by atomic mass is 10.2. The standard InChI is InChI=1S/C11H9IO6/c1-5(13)17-8-4-3-7(11(15)16)9(12)10(8)18-6(2)14/h3-4H,1-2H3,(H,15,16)/p-1. The number of benzene rings is 1. The fourth-order valence-electron chi connectivity index (χ4n) is 1.17. The molecule has 0 aliphatic heterocycles. The van der Waals surface area contributed by atoms with Gasteiger partial charge in [0.2, 0.25) is 0 Å². The van der Waals surface area contributed by atoms with Gasteiger partial charge < -0.3 is 19.4 Å². The van der Waals surface area contributed by atoms with Crippen LogP contribution < -0.4 is 14.6 Å². The first-order chi connectivity index (χ1) is 8.32. The fraction of sp³-hybridized carbons (Fsp3) is 0.182. The maximum Gasteiger partial charge on any atom is 0.308 e. The Morgan fingerprint density at radius 1 is 1.11 bits per heavy atom. The van der Waals surface area contributed by atoms with Gasteiger partial charge >= 0.3 is 11.9 Å². The van der Waals surface area contributed by atoms with Crippen LogP contribution in [0.4, 0.5) is 0 Å². The van der Waals surface area contributed by atoms with Crippen molar-refractivity contribution >= 4 is 40.5 Å². The summed E-state index contributed by atoms with van der Waals surface area (Å²) in [6.07, 6.45) is 0. The molecule has 0 amide bonds. The van der Waals surface area contributed by atoms with E-state index in [0.717, 1.165) is 6.92 Å². The van der Waals surface area contributed by atoms with E-state index in [2.05, 4.69) is 0 Å². The smallest absolute Gasteiger partial charge is 0.308 e. The Morgan fingerprint density at radius 2 is 1.67 bits per heavy atom. The monoisotopic (exact) mass is 363 g/mol. The molecule has 1 aromatic carbocycles. The molecule has 0 heterocycles. The molecule has 0 radical (unpaired) electrons. The summed E-state index contributed by atoms with van der Waals surface area (Å²) in [5.41, 5.74) is -0.150. The molecule has 0 N–H and O–H groups in total. The highest BCUT2D eigenvalue weighted by Gasteiger charge is 2.17. The molecule has 0 fully saturated rings. The van der Waals surface area contributed by atoms with Gasteiger partial charge in [-0.1, -0.05) is 0 Å². The quantitative estimate of drug-likeness (QED) is 0.441. The molecule has 0 unspecified atom stereocenters. The summed E-state index contributed by atoms with van der Waals surface area (Å²) in [5, 5.41) is 10.8. The molecule has 1 rings (SSSR count). The Bertz CT molecular complexity index is 523. The summed E-state index contributed by atoms with van der Waals surface area (Å²) >= 11 is 1.67. The van der Waals surface area contributed by atoms with Crippen molar-refractivity contribution < 1.29 is 29.0 Å². The Kier molecular flexibility index (Phi) is 4.65. The highest BCUT2D eigenvalue weighted by atomic mass is 127. The van der Waals surface area contributed by atoms with Crippen molar-refractivity contribution in [3.63, 3.8) is 0 Å². The Morgan fingerprint density at radius 3 is 2.11 bits per heavy atom. The van der Waals surface area contributed by atoms with Crippen LogP contribution in [-0.4, -0.2) is 17.9 Å². The summed E-state index contributed by atoms with van der Waals surface area (Å²) in [5.74, 6) is -2.81. The lowest BCUT2D eigenvalue weighted by Crippen LogP contribution is -2.24. The number of hydrogen-bond donors (Lipinski definition) is 0. The van der Waals surface area contributed by atoms with Crippen LogP contribution in [0.1, 0.15) is 24.2 Å². The van der Waals surface area contributed by atoms with Gasteiger partial charge in [-0.2, -0.15) is 0 Å². The number of ether oxygens (including phenoxy) is 2. The third-order valence-electron chi connectivity index (χ3n) is 1.78. The van der Waals surface area contributed by atoms with Crippen LogP contribution >= 0.6 is 22.6 Å². The van der Waals surface area contributed by atoms with Gasteiger partial charge in [-0.25, -0.2) is 0 Å². The number of rotatable bonds is 3. The minimum atomic E-state index is -1.41. The van der Waals surface area contributed by atoms with E-state index in [9.17, 15) is 19.5 Å². The van der Waals surface area contributed by atoms with E-state index in [1.165, 1.54) is 19.1 Å². The van der Waals surface area contributed by atoms with Crippen LogP contribution in [0.3, 0.4) is 0 Å². The molecular formula is C11H8IO6-. The number of carboxylic acids is 1. The Balaban J connectivity index is 3.35. The summed E-state index contributed by atoms with van der Waals surface area (Å²) in [4.78, 5) is 32.7. The van der Waals surface area contributed by atoms with Crippen molar-refractivity contribution in [2.45, 2.75) is 13.8 Å². The van der Waals surface area contributed by atoms with Gasteiger partial charge in [0, 0.05) is 19.4 Å². The van der Waals surface area contributed by atoms with E-state index in [1.54, 1.807) is 22.6 Å². The van der Waals surface area contributed by atoms with Crippen molar-refractivity contribution in [3.8, 4) is 11.5 Å². The normalized spacial score (nSPS) is 9.72. The van der Waals surface area contributed by atoms with Gasteiger partial charge in [-0.05, 0) is 34.7 Å². The first-order valence-electron chi connectivity index (χ1n) is 4.73. The maximum atomic E-state index is 11.0. The molecule has 0 aromatic heterocycles. The largest absolute Gasteiger partial charge is 0.545 e. The van der Waals surface area contributed by atoms with Crippen molar-refractivity contribution in [1.82, 2.24) is 0 Å². The summed E-state index contributed by atoms with van der Waals surface area (Å²) in [6, 6.07) is 2.44. The third-order valence-corrected chi connectivity index (χ3v) is 2.85. The number of aromatic carboxylic acids is 1. The van der Waals surface area contributed by atoms with E-state index in [-0.39, 0.29) is 20.6 Å². The van der Waals surface area contributed by atoms with Crippen molar-refractivity contribution in [2.75, 3.05) is 0 Å². The topological polar surface area (TPSA) is 92.7 Å². The Labute approximate surface area is 116 Å². The van der Waals surface area contributed by atoms with Crippen LogP contribution in [0.2, 0.25) is 0 Å². The molecule has 0 atom stereocenters. The van der Waals surface area contributed by atoms with E-state index >= 15 is 0 Å². The molecule has 0 aliphatic carbocycles. The summed E-state index contributed by atoms with van der Waals surface area (Å²) in [6.45, 7) is 2.33. The number of hydrogen-bond acceptors (Lipinski definition) is 6. The Hall–Kier alpha value is -1.64. The molecule has 7 heteroatoms. The molecule has 0 saturated carbocycles. The summed E-state index contributed by atoms with van der Waals surface area (Å²) < 4.78 is 9.81. The predicted molar refractivity (Wildman–Crippen MR) is 66.1 cm³/mol. The molecule has 18 heavy (non-hydrogen) atoms. The van der Waals surface area contributed by atoms with Crippen LogP contribution in [0.5, 0.6) is 11.5 Å². The molecule has 0 aliphatic rings. The molecule has 0 bridgehead atoms. The zero-order valence-electron chi connectivity index (χ0n) is 9.48. The van der Waals surface area contributed by atoms with Crippen molar-refractivity contribution in [3.05, 3.63) is 21.3 Å². The second-order valence-corrected chi connectivity index (χ2v) is 4.31. The molecule has 1 aromatic rings. The minimum absolute atomic E-state index is 0.0212. The second kappa shape index (κ2) is 5.80. The third kappa shape index (κ3) is 3.42. The van der Waals surface area contributed by atoms with Crippen LogP contribution in [0.25, 0.3) is 0 Å². The van der Waals surface area contributed by atoms with Crippen LogP contribution in [0, 0.1) is 3.57 Å². The summed E-state index contributed by atoms with van der Waals surface area (Å²) in [7, 11) is 0. The number of esters is 2. The van der Waals surface area contributed by atoms with Gasteiger partial charge in [-0.3, -0.25) is 9.59 Å². The zero-order valence-corrected chi connectivity index (χ0v) is 11.6. The maximum absolute atomic E-state index is 11.0. The SMILES string of the molecule is CC(=O)Oc1ccc(C(=O)[O-])c(I)c1OC(C)=O. The predicted octanol–water partition coefficient (Wildman–Crippen LogP) is 0.505. The number of carbonyl (C=O) groups excluding carboxylic acids is 3. The van der Waals surface area contributed by atoms with Gasteiger partial charge in [-0.15, -0.1) is 0 Å². The van der Waals surface area contributed by atoms with Crippen LogP contribution in [0.15, 0.2) is 12.1 Å². The number of halogens is 1. The lowest BCUT2D eigenvalue weighted by molar-refractivity contribution is -0.255. The van der Waals surface area contributed by atoms with Gasteiger partial charge in [0.1, 0.15) is 0 Å². The molecule has 0 saturated heterocycles. The molecule has 0 spiro atoms. The minimum Gasteiger partial charge on any atom is -0.545 e. The van der Waals surface area contributed by atoms with E-state index < -0.39 is 17.9 Å². The highest BCUT2D eigenvalue weighted by molar-refractivity contribution is 14.1. The van der Waals surface area contributed by atoms with Crippen molar-refractivity contribution in [2.24, 2.45) is 0 Å². The van der Waals surface area contributed by atoms with Crippen molar-refractivity contribution in [1.29, 1.82) is 0 Å². The number of carbonyl (C=O) groups is 3. The first-order valence-corrected chi connectivity index (χ1v) is 5.81. The van der Waals surface area contributed by atoms with Crippen LogP contribution in [-0.2, 0) is 9.59 Å². The van der Waals surface area contributed by atoms with Gasteiger partial charge in [0.25, 0.3) is 0 Å². The second-order valence-electron chi connectivity index (χ2n) is 3.23. The van der Waals surface area contributed by atoms with Gasteiger partial charge in [0.05, 0.1) is 9.54 Å². The van der Waals surface area contributed by atoms with Gasteiger partial charge in [0.15, 0.2) is 11.5 Å². The average molecular weight is 363 g/mol. The molecule has 96 valence electrons. The van der Waals surface area contributed by atoms with E-state index in [4.69, 9.17) is 9.47 Å². The average Bonchev–Trinajstić information content (AvgIpc) is 2.21. The first kappa shape index (κ1) is 14.4. The molecule has 6 nitrogen and oxygen atoms in total. The zero-order chi connectivity index (χ0) is 13.9. The highest BCUT2D eigenvalue weighted by Crippen LogP contribution is 2.35. The number of carboxylic acid groups (broad SMARTS) is 1. The fourth-order valence-corrected chi connectivity index (χ4v) is 1.95. The molecular weight excluding hydrogens is 355 g/mol.